The van der Waals surface area contributed by atoms with Crippen molar-refractivity contribution >= 4 is 17.5 Å². The Labute approximate surface area is 170 Å². The number of pyridine rings is 1. The van der Waals surface area contributed by atoms with Crippen LogP contribution in [0.3, 0.4) is 0 Å². The van der Waals surface area contributed by atoms with Crippen molar-refractivity contribution in [3.8, 4) is 0 Å². The van der Waals surface area contributed by atoms with Crippen LogP contribution in [-0.2, 0) is 5.41 Å². The number of hydrogen-bond acceptors (Lipinski definition) is 3. The van der Waals surface area contributed by atoms with Crippen molar-refractivity contribution in [2.75, 3.05) is 18.4 Å². The Hall–Kier alpha value is -3.47. The van der Waals surface area contributed by atoms with E-state index >= 15 is 0 Å². The van der Waals surface area contributed by atoms with E-state index < -0.39 is 0 Å². The minimum absolute atomic E-state index is 0.0185. The maximum absolute atomic E-state index is 13.0. The predicted octanol–water partition coefficient (Wildman–Crippen LogP) is 4.14. The molecule has 5 nitrogen and oxygen atoms in total. The summed E-state index contributed by atoms with van der Waals surface area (Å²) in [6.07, 6.45) is 4.11. The summed E-state index contributed by atoms with van der Waals surface area (Å²) in [7, 11) is 0. The topological polar surface area (TPSA) is 62.3 Å². The molecule has 2 aromatic carbocycles. The molecule has 0 radical (unpaired) electrons. The van der Waals surface area contributed by atoms with Gasteiger partial charge < -0.3 is 10.2 Å². The molecule has 1 aliphatic rings. The van der Waals surface area contributed by atoms with Gasteiger partial charge in [0.1, 0.15) is 0 Å². The highest BCUT2D eigenvalue weighted by atomic mass is 16.2. The molecule has 0 saturated carbocycles. The fourth-order valence-corrected chi connectivity index (χ4v) is 3.80. The van der Waals surface area contributed by atoms with Crippen molar-refractivity contribution in [1.82, 2.24) is 9.88 Å². The summed E-state index contributed by atoms with van der Waals surface area (Å²) in [5.74, 6) is -0.179. The second-order valence-electron chi connectivity index (χ2n) is 7.67. The van der Waals surface area contributed by atoms with Crippen molar-refractivity contribution in [1.29, 1.82) is 0 Å². The van der Waals surface area contributed by atoms with Gasteiger partial charge in [0.25, 0.3) is 11.8 Å². The van der Waals surface area contributed by atoms with Gasteiger partial charge in [-0.25, -0.2) is 0 Å². The number of amides is 2. The van der Waals surface area contributed by atoms with Gasteiger partial charge >= 0.3 is 0 Å². The number of nitrogens with zero attached hydrogens (tertiary/aromatic N) is 2. The van der Waals surface area contributed by atoms with E-state index in [0.717, 1.165) is 13.0 Å². The fraction of sp³-hybridized carbons (Fsp3) is 0.208. The second kappa shape index (κ2) is 7.87. The largest absolute Gasteiger partial charge is 0.338 e. The molecule has 2 amide bonds. The number of rotatable bonds is 4. The molecule has 1 saturated heterocycles. The van der Waals surface area contributed by atoms with Crippen molar-refractivity contribution in [2.45, 2.75) is 18.8 Å². The first-order chi connectivity index (χ1) is 14.0. The quantitative estimate of drug-likeness (QED) is 0.734. The Morgan fingerprint density at radius 2 is 1.62 bits per heavy atom. The average Bonchev–Trinajstić information content (AvgIpc) is 3.18. The number of carbonyl (C=O) groups is 2. The molecule has 0 spiro atoms. The molecule has 1 N–H and O–H groups in total. The Morgan fingerprint density at radius 1 is 0.931 bits per heavy atom. The summed E-state index contributed by atoms with van der Waals surface area (Å²) in [5.41, 5.74) is 3.07. The lowest BCUT2D eigenvalue weighted by atomic mass is 9.82. The number of nitrogens with one attached hydrogen (secondary N) is 1. The maximum Gasteiger partial charge on any atom is 0.255 e. The Kier molecular flexibility index (Phi) is 5.12. The zero-order chi connectivity index (χ0) is 20.3. The maximum atomic E-state index is 13.0. The summed E-state index contributed by atoms with van der Waals surface area (Å²) >= 11 is 0. The minimum atomic E-state index is -0.204. The van der Waals surface area contributed by atoms with Crippen molar-refractivity contribution in [3.05, 3.63) is 95.8 Å². The molecule has 2 heterocycles. The van der Waals surface area contributed by atoms with E-state index in [2.05, 4.69) is 29.4 Å². The Balaban J connectivity index is 1.42. The first-order valence-electron chi connectivity index (χ1n) is 9.71. The molecule has 1 aliphatic heterocycles. The smallest absolute Gasteiger partial charge is 0.255 e. The van der Waals surface area contributed by atoms with Crippen molar-refractivity contribution < 1.29 is 9.59 Å². The zero-order valence-corrected chi connectivity index (χ0v) is 16.3. The highest BCUT2D eigenvalue weighted by Crippen LogP contribution is 2.34. The number of carbonyl (C=O) groups excluding carboxylic acids is 2. The minimum Gasteiger partial charge on any atom is -0.338 e. The summed E-state index contributed by atoms with van der Waals surface area (Å²) < 4.78 is 0. The number of anilines is 1. The van der Waals surface area contributed by atoms with Gasteiger partial charge in [-0.15, -0.1) is 0 Å². The molecule has 1 aromatic heterocycles. The van der Waals surface area contributed by atoms with E-state index in [1.807, 2.05) is 23.1 Å². The monoisotopic (exact) mass is 385 g/mol. The van der Waals surface area contributed by atoms with Gasteiger partial charge in [-0.1, -0.05) is 37.3 Å². The molecule has 1 unspecified atom stereocenters. The molecule has 29 heavy (non-hydrogen) atoms. The summed E-state index contributed by atoms with van der Waals surface area (Å²) in [6, 6.07) is 20.7. The van der Waals surface area contributed by atoms with E-state index in [4.69, 9.17) is 0 Å². The van der Waals surface area contributed by atoms with Gasteiger partial charge in [0.15, 0.2) is 0 Å². The van der Waals surface area contributed by atoms with Gasteiger partial charge in [0.2, 0.25) is 0 Å². The predicted molar refractivity (Wildman–Crippen MR) is 113 cm³/mol. The van der Waals surface area contributed by atoms with Crippen LogP contribution in [0.4, 0.5) is 5.69 Å². The first kappa shape index (κ1) is 18.9. The van der Waals surface area contributed by atoms with Crippen molar-refractivity contribution in [3.63, 3.8) is 0 Å². The molecule has 146 valence electrons. The number of aromatic nitrogens is 1. The Morgan fingerprint density at radius 3 is 2.31 bits per heavy atom. The standard InChI is InChI=1S/C24H23N3O2/c1-24(20-5-3-2-4-6-20)13-16-27(17-24)23(29)19-7-9-21(10-8-19)26-22(28)18-11-14-25-15-12-18/h2-12,14-15H,13,16-17H2,1H3,(H,26,28). The molecular formula is C24H23N3O2. The second-order valence-corrected chi connectivity index (χ2v) is 7.67. The highest BCUT2D eigenvalue weighted by Gasteiger charge is 2.37. The van der Waals surface area contributed by atoms with E-state index in [0.29, 0.717) is 23.4 Å². The van der Waals surface area contributed by atoms with E-state index in [9.17, 15) is 9.59 Å². The van der Waals surface area contributed by atoms with E-state index in [-0.39, 0.29) is 17.2 Å². The van der Waals surface area contributed by atoms with Crippen LogP contribution in [0.5, 0.6) is 0 Å². The van der Waals surface area contributed by atoms with Crippen LogP contribution in [0.1, 0.15) is 39.6 Å². The molecular weight excluding hydrogens is 362 g/mol. The Bertz CT molecular complexity index is 1000. The van der Waals surface area contributed by atoms with Gasteiger partial charge in [-0.2, -0.15) is 0 Å². The number of benzene rings is 2. The third kappa shape index (κ3) is 4.04. The van der Waals surface area contributed by atoms with Gasteiger partial charge in [-0.05, 0) is 48.4 Å². The zero-order valence-electron chi connectivity index (χ0n) is 16.3. The average molecular weight is 385 g/mol. The first-order valence-corrected chi connectivity index (χ1v) is 9.71. The van der Waals surface area contributed by atoms with Crippen LogP contribution in [0.15, 0.2) is 79.1 Å². The van der Waals surface area contributed by atoms with Gasteiger partial charge in [0.05, 0.1) is 0 Å². The van der Waals surface area contributed by atoms with Crippen LogP contribution in [0.2, 0.25) is 0 Å². The third-order valence-electron chi connectivity index (χ3n) is 5.56. The van der Waals surface area contributed by atoms with Gasteiger partial charge in [-0.3, -0.25) is 14.6 Å². The normalized spacial score (nSPS) is 18.4. The summed E-state index contributed by atoms with van der Waals surface area (Å²) in [6.45, 7) is 3.66. The SMILES string of the molecule is CC1(c2ccccc2)CCN(C(=O)c2ccc(NC(=O)c3ccncc3)cc2)C1. The molecule has 1 fully saturated rings. The number of hydrogen-bond donors (Lipinski definition) is 1. The molecule has 1 atom stereocenters. The highest BCUT2D eigenvalue weighted by molar-refractivity contribution is 6.04. The van der Waals surface area contributed by atoms with Crippen molar-refractivity contribution in [2.24, 2.45) is 0 Å². The molecule has 3 aromatic rings. The molecule has 0 bridgehead atoms. The van der Waals surface area contributed by atoms with Crippen LogP contribution in [-0.4, -0.2) is 34.8 Å². The lowest BCUT2D eigenvalue weighted by Crippen LogP contribution is -2.32. The lowest BCUT2D eigenvalue weighted by molar-refractivity contribution is 0.0784. The van der Waals surface area contributed by atoms with Crippen LogP contribution in [0, 0.1) is 0 Å². The van der Waals surface area contributed by atoms with E-state index in [1.165, 1.54) is 5.56 Å². The van der Waals surface area contributed by atoms with Crippen LogP contribution in [0.25, 0.3) is 0 Å². The molecule has 0 aliphatic carbocycles. The molecule has 5 heteroatoms. The fourth-order valence-electron chi connectivity index (χ4n) is 3.80. The van der Waals surface area contributed by atoms with E-state index in [1.54, 1.807) is 48.8 Å². The van der Waals surface area contributed by atoms with Crippen LogP contribution >= 0.6 is 0 Å². The third-order valence-corrected chi connectivity index (χ3v) is 5.56. The summed E-state index contributed by atoms with van der Waals surface area (Å²) in [4.78, 5) is 31.0. The lowest BCUT2D eigenvalue weighted by Gasteiger charge is -2.25. The molecule has 4 rings (SSSR count). The number of likely N-dealkylation sites (tertiary alicyclic amines) is 1. The van der Waals surface area contributed by atoms with Crippen LogP contribution < -0.4 is 5.32 Å². The summed E-state index contributed by atoms with van der Waals surface area (Å²) in [5, 5.41) is 2.84. The van der Waals surface area contributed by atoms with Gasteiger partial charge in [0, 0.05) is 47.7 Å².